The molecule has 4 N–H and O–H groups in total. The SMILES string of the molecule is CCOc1ccccc1C(=O)NCCCC(=O)NNC(=O)C(=O)NC1CC1. The zero-order valence-corrected chi connectivity index (χ0v) is 15.2. The first-order valence-corrected chi connectivity index (χ1v) is 8.91. The minimum Gasteiger partial charge on any atom is -0.493 e. The second-order valence-corrected chi connectivity index (χ2v) is 6.04. The zero-order valence-electron chi connectivity index (χ0n) is 15.2. The van der Waals surface area contributed by atoms with E-state index in [4.69, 9.17) is 4.74 Å². The van der Waals surface area contributed by atoms with Gasteiger partial charge in [0, 0.05) is 19.0 Å². The second-order valence-electron chi connectivity index (χ2n) is 6.04. The molecule has 1 aliphatic rings. The van der Waals surface area contributed by atoms with E-state index in [1.807, 2.05) is 6.92 Å². The van der Waals surface area contributed by atoms with Crippen molar-refractivity contribution >= 4 is 23.6 Å². The fourth-order valence-corrected chi connectivity index (χ4v) is 2.21. The summed E-state index contributed by atoms with van der Waals surface area (Å²) < 4.78 is 5.41. The van der Waals surface area contributed by atoms with Gasteiger partial charge in [-0.25, -0.2) is 0 Å². The fraction of sp³-hybridized carbons (Fsp3) is 0.444. The fourth-order valence-electron chi connectivity index (χ4n) is 2.21. The van der Waals surface area contributed by atoms with Gasteiger partial charge in [-0.05, 0) is 38.3 Å². The molecule has 1 aliphatic carbocycles. The maximum atomic E-state index is 12.2. The van der Waals surface area contributed by atoms with Crippen LogP contribution in [0.1, 0.15) is 43.0 Å². The number of carbonyl (C=O) groups is 4. The molecule has 0 saturated heterocycles. The number of amides is 4. The lowest BCUT2D eigenvalue weighted by atomic mass is 10.2. The Labute approximate surface area is 157 Å². The molecule has 0 atom stereocenters. The van der Waals surface area contributed by atoms with Crippen LogP contribution in [0.25, 0.3) is 0 Å². The van der Waals surface area contributed by atoms with Crippen LogP contribution in [0.3, 0.4) is 0 Å². The number of rotatable bonds is 8. The van der Waals surface area contributed by atoms with Crippen molar-refractivity contribution in [2.24, 2.45) is 0 Å². The molecule has 0 radical (unpaired) electrons. The summed E-state index contributed by atoms with van der Waals surface area (Å²) in [4.78, 5) is 46.7. The number of hydrogen-bond donors (Lipinski definition) is 4. The third-order valence-corrected chi connectivity index (χ3v) is 3.73. The van der Waals surface area contributed by atoms with Crippen LogP contribution in [-0.4, -0.2) is 42.8 Å². The lowest BCUT2D eigenvalue weighted by Gasteiger charge is -2.10. The number of hydrazine groups is 1. The lowest BCUT2D eigenvalue weighted by molar-refractivity contribution is -0.141. The lowest BCUT2D eigenvalue weighted by Crippen LogP contribution is -2.49. The number of hydrogen-bond acceptors (Lipinski definition) is 5. The average Bonchev–Trinajstić information content (AvgIpc) is 3.47. The molecule has 1 saturated carbocycles. The van der Waals surface area contributed by atoms with Gasteiger partial charge >= 0.3 is 11.8 Å². The highest BCUT2D eigenvalue weighted by Gasteiger charge is 2.26. The van der Waals surface area contributed by atoms with Gasteiger partial charge < -0.3 is 15.4 Å². The first kappa shape index (κ1) is 20.2. The Kier molecular flexibility index (Phi) is 7.60. The molecule has 9 nitrogen and oxygen atoms in total. The summed E-state index contributed by atoms with van der Waals surface area (Å²) >= 11 is 0. The van der Waals surface area contributed by atoms with Crippen molar-refractivity contribution in [2.75, 3.05) is 13.2 Å². The summed E-state index contributed by atoms with van der Waals surface area (Å²) in [6, 6.07) is 6.97. The number of carbonyl (C=O) groups excluding carboxylic acids is 4. The molecule has 0 aromatic heterocycles. The van der Waals surface area contributed by atoms with Gasteiger partial charge in [0.1, 0.15) is 5.75 Å². The molecule has 0 spiro atoms. The van der Waals surface area contributed by atoms with Crippen molar-refractivity contribution in [1.29, 1.82) is 0 Å². The Morgan fingerprint density at radius 2 is 1.81 bits per heavy atom. The average molecular weight is 376 g/mol. The molecular weight excluding hydrogens is 352 g/mol. The molecule has 4 amide bonds. The van der Waals surface area contributed by atoms with Crippen LogP contribution in [0, 0.1) is 0 Å². The van der Waals surface area contributed by atoms with Gasteiger partial charge in [-0.2, -0.15) is 0 Å². The maximum absolute atomic E-state index is 12.2. The highest BCUT2D eigenvalue weighted by atomic mass is 16.5. The van der Waals surface area contributed by atoms with E-state index < -0.39 is 17.7 Å². The van der Waals surface area contributed by atoms with Crippen molar-refractivity contribution in [1.82, 2.24) is 21.5 Å². The summed E-state index contributed by atoms with van der Waals surface area (Å²) in [7, 11) is 0. The third-order valence-electron chi connectivity index (χ3n) is 3.73. The predicted octanol–water partition coefficient (Wildman–Crippen LogP) is 0.0213. The molecule has 0 bridgehead atoms. The van der Waals surface area contributed by atoms with Gasteiger partial charge in [0.15, 0.2) is 0 Å². The number of ether oxygens (including phenoxy) is 1. The van der Waals surface area contributed by atoms with Gasteiger partial charge in [0.25, 0.3) is 5.91 Å². The molecule has 27 heavy (non-hydrogen) atoms. The Morgan fingerprint density at radius 1 is 1.07 bits per heavy atom. The first-order valence-electron chi connectivity index (χ1n) is 8.91. The molecule has 0 unspecified atom stereocenters. The van der Waals surface area contributed by atoms with Crippen molar-refractivity contribution in [3.63, 3.8) is 0 Å². The van der Waals surface area contributed by atoms with E-state index >= 15 is 0 Å². The summed E-state index contributed by atoms with van der Waals surface area (Å²) in [5, 5.41) is 5.23. The largest absolute Gasteiger partial charge is 0.493 e. The summed E-state index contributed by atoms with van der Waals surface area (Å²) in [5.74, 6) is -1.91. The molecule has 1 fully saturated rings. The van der Waals surface area contributed by atoms with Crippen LogP contribution in [0.2, 0.25) is 0 Å². The quantitative estimate of drug-likeness (QED) is 0.289. The maximum Gasteiger partial charge on any atom is 0.327 e. The van der Waals surface area contributed by atoms with Crippen LogP contribution in [0.4, 0.5) is 0 Å². The van der Waals surface area contributed by atoms with Crippen LogP contribution in [0.15, 0.2) is 24.3 Å². The summed E-state index contributed by atoms with van der Waals surface area (Å²) in [5.41, 5.74) is 4.66. The zero-order chi connectivity index (χ0) is 19.6. The Balaban J connectivity index is 1.63. The number of para-hydroxylation sites is 1. The van der Waals surface area contributed by atoms with E-state index in [0.29, 0.717) is 24.3 Å². The molecule has 1 aromatic rings. The van der Waals surface area contributed by atoms with Crippen molar-refractivity contribution < 1.29 is 23.9 Å². The third kappa shape index (κ3) is 6.96. The van der Waals surface area contributed by atoms with Crippen LogP contribution in [-0.2, 0) is 14.4 Å². The normalized spacial score (nSPS) is 12.6. The van der Waals surface area contributed by atoms with E-state index in [2.05, 4.69) is 21.5 Å². The van der Waals surface area contributed by atoms with E-state index in [1.54, 1.807) is 24.3 Å². The van der Waals surface area contributed by atoms with E-state index in [1.165, 1.54) is 0 Å². The molecule has 1 aromatic carbocycles. The molecule has 0 heterocycles. The minimum absolute atomic E-state index is 0.0652. The first-order chi connectivity index (χ1) is 13.0. The smallest absolute Gasteiger partial charge is 0.327 e. The van der Waals surface area contributed by atoms with E-state index in [-0.39, 0.29) is 24.9 Å². The molecule has 2 rings (SSSR count). The van der Waals surface area contributed by atoms with Gasteiger partial charge in [-0.3, -0.25) is 30.0 Å². The van der Waals surface area contributed by atoms with Crippen molar-refractivity contribution in [2.45, 2.75) is 38.6 Å². The molecular formula is C18H24N4O5. The van der Waals surface area contributed by atoms with E-state index in [0.717, 1.165) is 12.8 Å². The summed E-state index contributed by atoms with van der Waals surface area (Å²) in [6.07, 6.45) is 2.19. The minimum atomic E-state index is -0.906. The summed E-state index contributed by atoms with van der Waals surface area (Å²) in [6.45, 7) is 2.57. The van der Waals surface area contributed by atoms with Gasteiger partial charge in [0.2, 0.25) is 5.91 Å². The van der Waals surface area contributed by atoms with E-state index in [9.17, 15) is 19.2 Å². The molecule has 9 heteroatoms. The highest BCUT2D eigenvalue weighted by molar-refractivity contribution is 6.35. The van der Waals surface area contributed by atoms with Crippen molar-refractivity contribution in [3.05, 3.63) is 29.8 Å². The van der Waals surface area contributed by atoms with Crippen LogP contribution >= 0.6 is 0 Å². The standard InChI is InChI=1S/C18H24N4O5/c1-2-27-14-7-4-3-6-13(14)16(24)19-11-5-8-15(23)21-22-18(26)17(25)20-12-9-10-12/h3-4,6-7,12H,2,5,8-11H2,1H3,(H,19,24)(H,20,25)(H,21,23)(H,22,26). The van der Waals surface area contributed by atoms with Crippen LogP contribution in [0.5, 0.6) is 5.75 Å². The van der Waals surface area contributed by atoms with Gasteiger partial charge in [-0.15, -0.1) is 0 Å². The predicted molar refractivity (Wildman–Crippen MR) is 96.6 cm³/mol. The van der Waals surface area contributed by atoms with Gasteiger partial charge in [-0.1, -0.05) is 12.1 Å². The Morgan fingerprint density at radius 3 is 2.52 bits per heavy atom. The number of nitrogens with one attached hydrogen (secondary N) is 4. The Bertz CT molecular complexity index is 703. The highest BCUT2D eigenvalue weighted by Crippen LogP contribution is 2.18. The number of benzene rings is 1. The van der Waals surface area contributed by atoms with Crippen molar-refractivity contribution in [3.8, 4) is 5.75 Å². The van der Waals surface area contributed by atoms with Crippen LogP contribution < -0.4 is 26.2 Å². The molecule has 146 valence electrons. The second kappa shape index (κ2) is 10.1. The Hall–Kier alpha value is -3.10. The monoisotopic (exact) mass is 376 g/mol. The topological polar surface area (TPSA) is 126 Å². The van der Waals surface area contributed by atoms with Gasteiger partial charge in [0.05, 0.1) is 12.2 Å². The molecule has 0 aliphatic heterocycles.